The summed E-state index contributed by atoms with van der Waals surface area (Å²) in [6, 6.07) is 0. The second-order valence-electron chi connectivity index (χ2n) is 10.9. The molecule has 0 radical (unpaired) electrons. The van der Waals surface area contributed by atoms with Crippen molar-refractivity contribution in [3.63, 3.8) is 0 Å². The highest BCUT2D eigenvalue weighted by molar-refractivity contribution is 5.89. The normalized spacial score (nSPS) is 47.8. The third-order valence-corrected chi connectivity index (χ3v) is 8.35. The quantitative estimate of drug-likeness (QED) is 0.262. The van der Waals surface area contributed by atoms with Gasteiger partial charge < -0.3 is 29.2 Å². The molecule has 9 nitrogen and oxygen atoms in total. The standard InChI is InChI=1S/C26H36O9/c1-7-8-19(28)33-16-10-9-14(2)13-18-26(25(6,35-26)22(30)34-18)21(29)20-23(4,31)12-11-17(24(16,20)5)32-15(3)27/h11-13,16-18,20-21,29,31H,7-10H2,1-6H3/b14-13-/t16-,17-,18+,20-,21-,23+,24-,25-,26-/m0/s1. The van der Waals surface area contributed by atoms with Crippen molar-refractivity contribution in [1.82, 2.24) is 0 Å². The Balaban J connectivity index is 1.91. The molecule has 2 aliphatic heterocycles. The molecule has 4 aliphatic rings. The van der Waals surface area contributed by atoms with Gasteiger partial charge in [-0.1, -0.05) is 25.5 Å². The van der Waals surface area contributed by atoms with Gasteiger partial charge in [0.05, 0.1) is 17.1 Å². The van der Waals surface area contributed by atoms with Crippen LogP contribution in [0.15, 0.2) is 23.8 Å². The molecule has 0 amide bonds. The maximum absolute atomic E-state index is 12.7. The van der Waals surface area contributed by atoms with E-state index < -0.39 is 70.5 Å². The van der Waals surface area contributed by atoms with E-state index in [4.69, 9.17) is 18.9 Å². The topological polar surface area (TPSA) is 132 Å². The maximum atomic E-state index is 12.7. The summed E-state index contributed by atoms with van der Waals surface area (Å²) >= 11 is 0. The number of epoxide rings is 1. The zero-order chi connectivity index (χ0) is 26.0. The second kappa shape index (κ2) is 8.42. The molecule has 0 aromatic rings. The van der Waals surface area contributed by atoms with Crippen molar-refractivity contribution in [2.24, 2.45) is 11.3 Å². The lowest BCUT2D eigenvalue weighted by atomic mass is 9.54. The summed E-state index contributed by atoms with van der Waals surface area (Å²) in [5, 5.41) is 23.6. The molecule has 0 aromatic carbocycles. The molecule has 0 unspecified atom stereocenters. The van der Waals surface area contributed by atoms with E-state index in [1.165, 1.54) is 13.0 Å². The van der Waals surface area contributed by atoms with Gasteiger partial charge in [-0.3, -0.25) is 9.59 Å². The third-order valence-electron chi connectivity index (χ3n) is 8.35. The van der Waals surface area contributed by atoms with Crippen molar-refractivity contribution in [1.29, 1.82) is 0 Å². The fraction of sp³-hybridized carbons (Fsp3) is 0.731. The minimum Gasteiger partial charge on any atom is -0.462 e. The van der Waals surface area contributed by atoms with Crippen LogP contribution in [0.1, 0.15) is 67.2 Å². The van der Waals surface area contributed by atoms with Crippen molar-refractivity contribution < 1.29 is 43.5 Å². The monoisotopic (exact) mass is 492 g/mol. The van der Waals surface area contributed by atoms with Gasteiger partial charge in [0.2, 0.25) is 0 Å². The molecular weight excluding hydrogens is 456 g/mol. The van der Waals surface area contributed by atoms with Gasteiger partial charge in [0.25, 0.3) is 0 Å². The van der Waals surface area contributed by atoms with E-state index >= 15 is 0 Å². The molecule has 2 aliphatic carbocycles. The number of esters is 3. The van der Waals surface area contributed by atoms with Crippen LogP contribution in [0.2, 0.25) is 0 Å². The molecule has 2 N–H and O–H groups in total. The summed E-state index contributed by atoms with van der Waals surface area (Å²) in [5.41, 5.74) is -4.84. The van der Waals surface area contributed by atoms with Crippen LogP contribution in [0.25, 0.3) is 0 Å². The molecule has 0 aromatic heterocycles. The van der Waals surface area contributed by atoms with Crippen molar-refractivity contribution >= 4 is 17.9 Å². The van der Waals surface area contributed by atoms with Crippen LogP contribution in [-0.2, 0) is 33.3 Å². The number of aliphatic hydroxyl groups excluding tert-OH is 1. The van der Waals surface area contributed by atoms with Crippen molar-refractivity contribution in [2.75, 3.05) is 0 Å². The Morgan fingerprint density at radius 3 is 2.51 bits per heavy atom. The van der Waals surface area contributed by atoms with Crippen molar-refractivity contribution in [3.8, 4) is 0 Å². The fourth-order valence-corrected chi connectivity index (χ4v) is 6.48. The van der Waals surface area contributed by atoms with Gasteiger partial charge >= 0.3 is 17.9 Å². The van der Waals surface area contributed by atoms with E-state index in [0.29, 0.717) is 19.3 Å². The largest absolute Gasteiger partial charge is 0.462 e. The van der Waals surface area contributed by atoms with Crippen LogP contribution in [0.4, 0.5) is 0 Å². The summed E-state index contributed by atoms with van der Waals surface area (Å²) in [6.07, 6.45) is 2.45. The van der Waals surface area contributed by atoms with Crippen LogP contribution < -0.4 is 0 Å². The number of ether oxygens (including phenoxy) is 4. The molecular formula is C26H36O9. The Hall–Kier alpha value is -2.23. The lowest BCUT2D eigenvalue weighted by Gasteiger charge is -2.55. The zero-order valence-corrected chi connectivity index (χ0v) is 21.2. The smallest absolute Gasteiger partial charge is 0.342 e. The van der Waals surface area contributed by atoms with E-state index in [0.717, 1.165) is 5.57 Å². The Bertz CT molecular complexity index is 983. The summed E-state index contributed by atoms with van der Waals surface area (Å²) in [5.74, 6) is -2.59. The van der Waals surface area contributed by atoms with Gasteiger partial charge in [0.15, 0.2) is 17.3 Å². The average Bonchev–Trinajstić information content (AvgIpc) is 3.34. The highest BCUT2D eigenvalue weighted by Gasteiger charge is 2.86. The lowest BCUT2D eigenvalue weighted by Crippen LogP contribution is -2.66. The van der Waals surface area contributed by atoms with Crippen molar-refractivity contribution in [2.45, 2.75) is 108 Å². The molecule has 1 spiro atoms. The van der Waals surface area contributed by atoms with E-state index in [1.807, 2.05) is 13.8 Å². The van der Waals surface area contributed by atoms with Crippen molar-refractivity contribution in [3.05, 3.63) is 23.8 Å². The van der Waals surface area contributed by atoms with E-state index in [-0.39, 0.29) is 6.42 Å². The summed E-state index contributed by atoms with van der Waals surface area (Å²) in [7, 11) is 0. The number of hydrogen-bond donors (Lipinski definition) is 2. The number of carbonyl (C=O) groups is 3. The molecule has 0 bridgehead atoms. The maximum Gasteiger partial charge on any atom is 0.342 e. The number of fused-ring (bicyclic) bond motifs is 1. The Morgan fingerprint density at radius 2 is 1.91 bits per heavy atom. The van der Waals surface area contributed by atoms with Crippen LogP contribution in [-0.4, -0.2) is 69.3 Å². The molecule has 9 atom stereocenters. The Morgan fingerprint density at radius 1 is 1.23 bits per heavy atom. The first-order valence-corrected chi connectivity index (χ1v) is 12.3. The summed E-state index contributed by atoms with van der Waals surface area (Å²) in [6.45, 7) is 9.88. The Labute approximate surface area is 205 Å². The first-order chi connectivity index (χ1) is 16.2. The highest BCUT2D eigenvalue weighted by atomic mass is 16.7. The van der Waals surface area contributed by atoms with Crippen LogP contribution >= 0.6 is 0 Å². The highest BCUT2D eigenvalue weighted by Crippen LogP contribution is 2.64. The predicted octanol–water partition coefficient (Wildman–Crippen LogP) is 2.13. The van der Waals surface area contributed by atoms with Gasteiger partial charge in [-0.25, -0.2) is 4.79 Å². The SMILES string of the molecule is CCCC(=O)O[C@H]1CC/C(C)=C\[C@H]2OC(=O)[C@]3(C)O[C@]23[C@@H](O)[C@@H]2[C@]1(C)[C@@H](OC(C)=O)C=C[C@@]2(C)O. The van der Waals surface area contributed by atoms with Gasteiger partial charge in [0, 0.05) is 19.3 Å². The zero-order valence-electron chi connectivity index (χ0n) is 21.2. The lowest BCUT2D eigenvalue weighted by molar-refractivity contribution is -0.213. The number of rotatable bonds is 4. The van der Waals surface area contributed by atoms with E-state index in [1.54, 1.807) is 32.9 Å². The Kier molecular flexibility index (Phi) is 6.22. The minimum absolute atomic E-state index is 0.203. The molecule has 2 heterocycles. The van der Waals surface area contributed by atoms with Gasteiger partial charge in [0.1, 0.15) is 12.2 Å². The predicted molar refractivity (Wildman–Crippen MR) is 123 cm³/mol. The number of carbonyl (C=O) groups excluding carboxylic acids is 3. The molecule has 194 valence electrons. The molecule has 9 heteroatoms. The summed E-state index contributed by atoms with van der Waals surface area (Å²) < 4.78 is 23.3. The van der Waals surface area contributed by atoms with Gasteiger partial charge in [-0.15, -0.1) is 0 Å². The van der Waals surface area contributed by atoms with Crippen LogP contribution in [0.3, 0.4) is 0 Å². The average molecular weight is 493 g/mol. The first kappa shape index (κ1) is 25.9. The third kappa shape index (κ3) is 3.74. The molecule has 2 fully saturated rings. The summed E-state index contributed by atoms with van der Waals surface area (Å²) in [4.78, 5) is 37.5. The second-order valence-corrected chi connectivity index (χ2v) is 10.9. The first-order valence-electron chi connectivity index (χ1n) is 12.3. The number of aliphatic hydroxyl groups is 2. The van der Waals surface area contributed by atoms with Gasteiger partial charge in [-0.2, -0.15) is 0 Å². The fourth-order valence-electron chi connectivity index (χ4n) is 6.48. The molecule has 0 saturated carbocycles. The van der Waals surface area contributed by atoms with Gasteiger partial charge in [-0.05, 0) is 52.2 Å². The number of allylic oxidation sites excluding steroid dienone is 1. The molecule has 35 heavy (non-hydrogen) atoms. The van der Waals surface area contributed by atoms with Crippen LogP contribution in [0, 0.1) is 11.3 Å². The molecule has 2 saturated heterocycles. The van der Waals surface area contributed by atoms with E-state index in [9.17, 15) is 24.6 Å². The minimum atomic E-state index is -1.62. The van der Waals surface area contributed by atoms with Crippen LogP contribution in [0.5, 0.6) is 0 Å². The molecule has 4 rings (SSSR count). The number of hydrogen-bond acceptors (Lipinski definition) is 9. The van der Waals surface area contributed by atoms with E-state index in [2.05, 4.69) is 0 Å².